The molecule has 10 heavy (non-hydrogen) atoms. The van der Waals surface area contributed by atoms with Crippen molar-refractivity contribution in [2.24, 2.45) is 0 Å². The molecule has 0 aliphatic carbocycles. The smallest absolute Gasteiger partial charge is 0.0445 e. The summed E-state index contributed by atoms with van der Waals surface area (Å²) in [6.07, 6.45) is 0. The van der Waals surface area contributed by atoms with Gasteiger partial charge < -0.3 is 0 Å². The first-order valence-electron chi connectivity index (χ1n) is 3.35. The average molecular weight is 142 g/mol. The maximum atomic E-state index is 3.56. The highest BCUT2D eigenvalue weighted by molar-refractivity contribution is 4.78. The maximum Gasteiger partial charge on any atom is -0.0445 e. The molecule has 0 aromatic heterocycles. The van der Waals surface area contributed by atoms with Gasteiger partial charge in [-0.25, -0.2) is 0 Å². The number of allylic oxidation sites excluding steroid dienone is 1. The molecule has 0 heterocycles. The molecular weight excluding hydrogens is 120 g/mol. The topological polar surface area (TPSA) is 0 Å². The van der Waals surface area contributed by atoms with Gasteiger partial charge in [-0.1, -0.05) is 19.4 Å². The third-order valence-corrected chi connectivity index (χ3v) is 0. The minimum atomic E-state index is 1.17. The minimum absolute atomic E-state index is 1.17. The second kappa shape index (κ2) is 86.9. The summed E-state index contributed by atoms with van der Waals surface area (Å²) in [6, 6.07) is 0. The van der Waals surface area contributed by atoms with E-state index in [0.29, 0.717) is 0 Å². The van der Waals surface area contributed by atoms with Crippen LogP contribution in [-0.4, -0.2) is 0 Å². The van der Waals surface area contributed by atoms with E-state index in [-0.39, 0.29) is 0 Å². The van der Waals surface area contributed by atoms with Crippen LogP contribution in [0.4, 0.5) is 0 Å². The Morgan fingerprint density at radius 1 is 0.800 bits per heavy atom. The van der Waals surface area contributed by atoms with Crippen molar-refractivity contribution in [2.45, 2.75) is 27.7 Å². The SMILES string of the molecule is C=C.C=C.C=C(C)C.CC. The van der Waals surface area contributed by atoms with E-state index in [1.807, 2.05) is 27.7 Å². The molecule has 0 aliphatic heterocycles. The summed E-state index contributed by atoms with van der Waals surface area (Å²) in [5.41, 5.74) is 1.17. The lowest BCUT2D eigenvalue weighted by Gasteiger charge is -1.65. The van der Waals surface area contributed by atoms with E-state index in [9.17, 15) is 0 Å². The molecule has 0 rings (SSSR count). The van der Waals surface area contributed by atoms with Crippen LogP contribution < -0.4 is 0 Å². The molecule has 62 valence electrons. The van der Waals surface area contributed by atoms with Gasteiger partial charge in [0.2, 0.25) is 0 Å². The van der Waals surface area contributed by atoms with Gasteiger partial charge in [-0.15, -0.1) is 32.9 Å². The van der Waals surface area contributed by atoms with E-state index < -0.39 is 0 Å². The van der Waals surface area contributed by atoms with Gasteiger partial charge in [-0.3, -0.25) is 0 Å². The summed E-state index contributed by atoms with van der Waals surface area (Å²) >= 11 is 0. The zero-order valence-corrected chi connectivity index (χ0v) is 8.04. The van der Waals surface area contributed by atoms with Gasteiger partial charge >= 0.3 is 0 Å². The van der Waals surface area contributed by atoms with E-state index in [2.05, 4.69) is 32.9 Å². The van der Waals surface area contributed by atoms with Gasteiger partial charge in [0.25, 0.3) is 0 Å². The lowest BCUT2D eigenvalue weighted by atomic mass is 10.4. The number of rotatable bonds is 0. The fourth-order valence-corrected chi connectivity index (χ4v) is 0. The molecule has 0 fully saturated rings. The quantitative estimate of drug-likeness (QED) is 0.444. The van der Waals surface area contributed by atoms with Crippen LogP contribution in [-0.2, 0) is 0 Å². The first-order valence-corrected chi connectivity index (χ1v) is 3.35. The lowest BCUT2D eigenvalue weighted by Crippen LogP contribution is -1.43. The monoisotopic (exact) mass is 142 g/mol. The average Bonchev–Trinajstić information content (AvgIpc) is 1.98. The summed E-state index contributed by atoms with van der Waals surface area (Å²) in [6.45, 7) is 23.5. The van der Waals surface area contributed by atoms with Gasteiger partial charge in [-0.2, -0.15) is 0 Å². The Morgan fingerprint density at radius 2 is 0.800 bits per heavy atom. The van der Waals surface area contributed by atoms with Crippen molar-refractivity contribution in [1.82, 2.24) is 0 Å². The van der Waals surface area contributed by atoms with Crippen LogP contribution in [0.25, 0.3) is 0 Å². The Balaban J connectivity index is -0.0000000262. The Hall–Kier alpha value is -0.780. The normalized spacial score (nSPS) is 4.00. The van der Waals surface area contributed by atoms with E-state index >= 15 is 0 Å². The molecule has 0 heteroatoms. The zero-order chi connectivity index (χ0) is 9.58. The molecule has 0 saturated carbocycles. The molecule has 0 aromatic rings. The van der Waals surface area contributed by atoms with Crippen molar-refractivity contribution in [3.05, 3.63) is 38.5 Å². The molecule has 0 aromatic carbocycles. The minimum Gasteiger partial charge on any atom is -0.106 e. The Labute approximate surface area is 67.0 Å². The van der Waals surface area contributed by atoms with Gasteiger partial charge in [0.1, 0.15) is 0 Å². The van der Waals surface area contributed by atoms with Crippen molar-refractivity contribution < 1.29 is 0 Å². The maximum absolute atomic E-state index is 3.56. The second-order valence-electron chi connectivity index (χ2n) is 1.21. The summed E-state index contributed by atoms with van der Waals surface area (Å²) < 4.78 is 0. The van der Waals surface area contributed by atoms with Crippen molar-refractivity contribution in [3.63, 3.8) is 0 Å². The largest absolute Gasteiger partial charge is 0.106 e. The molecule has 0 unspecified atom stereocenters. The molecule has 0 N–H and O–H groups in total. The molecule has 0 bridgehead atoms. The van der Waals surface area contributed by atoms with E-state index in [1.165, 1.54) is 5.57 Å². The predicted octanol–water partition coefficient (Wildman–Crippen LogP) is 4.21. The standard InChI is InChI=1S/C4H8.C2H6.2C2H4/c1-4(2)3;3*1-2/h1H2,2-3H3;1-2H3;2*1-2H2. The van der Waals surface area contributed by atoms with E-state index in [1.54, 1.807) is 0 Å². The molecule has 0 amide bonds. The van der Waals surface area contributed by atoms with Crippen molar-refractivity contribution >= 4 is 0 Å². The summed E-state index contributed by atoms with van der Waals surface area (Å²) in [5, 5.41) is 0. The highest BCUT2D eigenvalue weighted by atomic mass is 13.6. The zero-order valence-electron chi connectivity index (χ0n) is 8.04. The fraction of sp³-hybridized carbons (Fsp3) is 0.400. The third-order valence-electron chi connectivity index (χ3n) is 0. The Kier molecular flexibility index (Phi) is 199. The molecule has 0 atom stereocenters. The van der Waals surface area contributed by atoms with Crippen LogP contribution in [0, 0.1) is 0 Å². The summed E-state index contributed by atoms with van der Waals surface area (Å²) in [5.74, 6) is 0. The van der Waals surface area contributed by atoms with Gasteiger partial charge in [0.15, 0.2) is 0 Å². The first kappa shape index (κ1) is 22.9. The highest BCUT2D eigenvalue weighted by Crippen LogP contribution is 1.73. The van der Waals surface area contributed by atoms with Crippen LogP contribution in [0.2, 0.25) is 0 Å². The van der Waals surface area contributed by atoms with Crippen LogP contribution in [0.15, 0.2) is 38.5 Å². The van der Waals surface area contributed by atoms with E-state index in [0.717, 1.165) is 0 Å². The van der Waals surface area contributed by atoms with Crippen molar-refractivity contribution in [2.75, 3.05) is 0 Å². The highest BCUT2D eigenvalue weighted by Gasteiger charge is 1.51. The van der Waals surface area contributed by atoms with Gasteiger partial charge in [-0.05, 0) is 13.8 Å². The number of hydrogen-bond donors (Lipinski definition) is 0. The van der Waals surface area contributed by atoms with Gasteiger partial charge in [0, 0.05) is 0 Å². The Morgan fingerprint density at radius 3 is 0.800 bits per heavy atom. The molecule has 0 radical (unpaired) electrons. The predicted molar refractivity (Wildman–Crippen MR) is 54.3 cm³/mol. The molecule has 0 spiro atoms. The first-order chi connectivity index (χ1) is 4.73. The molecule has 0 aliphatic rings. The van der Waals surface area contributed by atoms with E-state index in [4.69, 9.17) is 0 Å². The van der Waals surface area contributed by atoms with Crippen LogP contribution in [0.5, 0.6) is 0 Å². The molecule has 0 nitrogen and oxygen atoms in total. The fourth-order valence-electron chi connectivity index (χ4n) is 0. The second-order valence-corrected chi connectivity index (χ2v) is 1.21. The summed E-state index contributed by atoms with van der Waals surface area (Å²) in [7, 11) is 0. The van der Waals surface area contributed by atoms with Crippen molar-refractivity contribution in [1.29, 1.82) is 0 Å². The summed E-state index contributed by atoms with van der Waals surface area (Å²) in [4.78, 5) is 0. The van der Waals surface area contributed by atoms with Crippen LogP contribution in [0.1, 0.15) is 27.7 Å². The molecular formula is C10H22. The lowest BCUT2D eigenvalue weighted by molar-refractivity contribution is 1.42. The molecule has 0 saturated heterocycles. The number of hydrogen-bond acceptors (Lipinski definition) is 0. The third kappa shape index (κ3) is 459. The Bertz CT molecular complexity index is 38.0. The van der Waals surface area contributed by atoms with Gasteiger partial charge in [0.05, 0.1) is 0 Å². The van der Waals surface area contributed by atoms with Crippen LogP contribution in [0.3, 0.4) is 0 Å². The van der Waals surface area contributed by atoms with Crippen LogP contribution >= 0.6 is 0 Å². The van der Waals surface area contributed by atoms with Crippen molar-refractivity contribution in [3.8, 4) is 0 Å².